The number of allylic oxidation sites excluding steroid dienone is 12. The maximum atomic E-state index is 2.47. The third-order valence-electron chi connectivity index (χ3n) is 14.1. The van der Waals surface area contributed by atoms with E-state index in [4.69, 9.17) is 0 Å². The van der Waals surface area contributed by atoms with E-state index in [2.05, 4.69) is 247 Å². The second-order valence-electron chi connectivity index (χ2n) is 18.1. The molecule has 66 heavy (non-hydrogen) atoms. The Morgan fingerprint density at radius 2 is 0.939 bits per heavy atom. The highest BCUT2D eigenvalue weighted by Gasteiger charge is 2.22. The Balaban J connectivity index is 0.835. The van der Waals surface area contributed by atoms with E-state index in [9.17, 15) is 0 Å². The molecule has 0 saturated carbocycles. The minimum absolute atomic E-state index is 0.357. The van der Waals surface area contributed by atoms with Crippen LogP contribution in [0.5, 0.6) is 0 Å². The molecule has 3 aliphatic carbocycles. The van der Waals surface area contributed by atoms with E-state index in [0.29, 0.717) is 5.92 Å². The Kier molecular flexibility index (Phi) is 8.99. The van der Waals surface area contributed by atoms with E-state index in [1.807, 2.05) is 0 Å². The van der Waals surface area contributed by atoms with Crippen molar-refractivity contribution in [1.82, 2.24) is 9.13 Å². The summed E-state index contributed by atoms with van der Waals surface area (Å²) in [5, 5.41) is 5.11. The summed E-state index contributed by atoms with van der Waals surface area (Å²) in [5.41, 5.74) is 22.5. The molecule has 0 aliphatic heterocycles. The SMILES string of the molecule is CC1=C(c2cccc(C3=CC4=CC(C=C3)Cc3ccc(-c5cccc(-n6c7ccccc7c7ccccc76)c5)cc34)c2)C=C(c2cccc(-n3c4ccccc4c4ccccc43)c2)C=CC1. The molecule has 0 amide bonds. The van der Waals surface area contributed by atoms with Crippen LogP contribution >= 0.6 is 0 Å². The second-order valence-corrected chi connectivity index (χ2v) is 18.1. The number of rotatable bonds is 6. The van der Waals surface area contributed by atoms with Crippen molar-refractivity contribution in [2.24, 2.45) is 5.92 Å². The van der Waals surface area contributed by atoms with Gasteiger partial charge in [0.15, 0.2) is 0 Å². The van der Waals surface area contributed by atoms with Crippen molar-refractivity contribution in [3.05, 3.63) is 264 Å². The lowest BCUT2D eigenvalue weighted by molar-refractivity contribution is 0.794. The summed E-state index contributed by atoms with van der Waals surface area (Å²) in [6.07, 6.45) is 18.6. The molecular weight excluding hydrogens is 797 g/mol. The molecular formula is C64H46N2. The molecule has 2 aromatic heterocycles. The molecule has 1 unspecified atom stereocenters. The maximum absolute atomic E-state index is 2.47. The molecule has 2 nitrogen and oxygen atoms in total. The Hall–Kier alpha value is -8.20. The standard InChI is InChI=1S/C64H46N2/c1-42-14-10-15-47(45-17-12-20-53(38-45)65-61-26-6-2-22-55(61)56-23-3-7-27-62(56)65)40-59(42)50-19-11-16-44(36-50)48-31-30-43-34-51-33-32-49(41-60(51)52(35-43)37-48)46-18-13-21-54(39-46)66-63-28-8-4-24-57(63)58-25-5-9-29-64(58)66/h2-13,15-33,35-41,43H,14,34H2,1H3. The Morgan fingerprint density at radius 3 is 1.58 bits per heavy atom. The highest BCUT2D eigenvalue weighted by atomic mass is 15.0. The zero-order chi connectivity index (χ0) is 43.7. The molecule has 0 radical (unpaired) electrons. The van der Waals surface area contributed by atoms with Gasteiger partial charge < -0.3 is 9.13 Å². The van der Waals surface area contributed by atoms with Gasteiger partial charge in [-0.1, -0.05) is 163 Å². The number of fused-ring (bicyclic) bond motifs is 9. The molecule has 13 rings (SSSR count). The zero-order valence-corrected chi connectivity index (χ0v) is 36.8. The first-order valence-electron chi connectivity index (χ1n) is 23.2. The average Bonchev–Trinajstić information content (AvgIpc) is 3.72. The van der Waals surface area contributed by atoms with Crippen molar-refractivity contribution in [3.8, 4) is 22.5 Å². The van der Waals surface area contributed by atoms with Crippen molar-refractivity contribution in [3.63, 3.8) is 0 Å². The smallest absolute Gasteiger partial charge is 0.0541 e. The number of nitrogens with zero attached hydrogens (tertiary/aromatic N) is 2. The minimum atomic E-state index is 0.357. The van der Waals surface area contributed by atoms with Crippen LogP contribution in [0.3, 0.4) is 0 Å². The summed E-state index contributed by atoms with van der Waals surface area (Å²) in [4.78, 5) is 0. The molecule has 0 fully saturated rings. The molecule has 2 heterocycles. The van der Waals surface area contributed by atoms with E-state index in [1.54, 1.807) is 0 Å². The van der Waals surface area contributed by atoms with Crippen LogP contribution in [0.1, 0.15) is 41.2 Å². The van der Waals surface area contributed by atoms with Gasteiger partial charge in [-0.05, 0) is 160 Å². The fourth-order valence-electron chi connectivity index (χ4n) is 10.9. The molecule has 1 atom stereocenters. The van der Waals surface area contributed by atoms with E-state index >= 15 is 0 Å². The van der Waals surface area contributed by atoms with Gasteiger partial charge in [-0.15, -0.1) is 0 Å². The summed E-state index contributed by atoms with van der Waals surface area (Å²) in [7, 11) is 0. The van der Waals surface area contributed by atoms with Crippen LogP contribution in [0.2, 0.25) is 0 Å². The summed E-state index contributed by atoms with van der Waals surface area (Å²) in [6, 6.07) is 69.3. The lowest BCUT2D eigenvalue weighted by atomic mass is 9.83. The largest absolute Gasteiger partial charge is 0.309 e. The summed E-state index contributed by atoms with van der Waals surface area (Å²) in [6.45, 7) is 2.28. The number of hydrogen-bond donors (Lipinski definition) is 0. The topological polar surface area (TPSA) is 9.86 Å². The second kappa shape index (κ2) is 15.5. The lowest BCUT2D eigenvalue weighted by Gasteiger charge is -2.21. The van der Waals surface area contributed by atoms with Crippen molar-refractivity contribution >= 4 is 65.9 Å². The van der Waals surface area contributed by atoms with Gasteiger partial charge >= 0.3 is 0 Å². The van der Waals surface area contributed by atoms with Crippen LogP contribution in [-0.2, 0) is 6.42 Å². The third kappa shape index (κ3) is 6.40. The summed E-state index contributed by atoms with van der Waals surface area (Å²) >= 11 is 0. The van der Waals surface area contributed by atoms with E-state index in [-0.39, 0.29) is 0 Å². The Morgan fingerprint density at radius 1 is 0.424 bits per heavy atom. The normalized spacial score (nSPS) is 15.8. The minimum Gasteiger partial charge on any atom is -0.309 e. The van der Waals surface area contributed by atoms with Crippen LogP contribution in [0.15, 0.2) is 236 Å². The van der Waals surface area contributed by atoms with Crippen molar-refractivity contribution in [2.45, 2.75) is 19.8 Å². The van der Waals surface area contributed by atoms with Gasteiger partial charge in [-0.2, -0.15) is 0 Å². The predicted molar refractivity (Wildman–Crippen MR) is 280 cm³/mol. The summed E-state index contributed by atoms with van der Waals surface area (Å²) in [5.74, 6) is 0.357. The van der Waals surface area contributed by atoms with Crippen LogP contribution in [-0.4, -0.2) is 9.13 Å². The van der Waals surface area contributed by atoms with Crippen molar-refractivity contribution in [2.75, 3.05) is 0 Å². The lowest BCUT2D eigenvalue weighted by Crippen LogP contribution is -2.07. The Bertz CT molecular complexity index is 3720. The first-order valence-corrected chi connectivity index (χ1v) is 23.2. The molecule has 312 valence electrons. The third-order valence-corrected chi connectivity index (χ3v) is 14.1. The maximum Gasteiger partial charge on any atom is 0.0541 e. The molecule has 8 aromatic carbocycles. The molecule has 2 bridgehead atoms. The molecule has 0 spiro atoms. The Labute approximate surface area is 385 Å². The monoisotopic (exact) mass is 842 g/mol. The number of benzene rings is 8. The van der Waals surface area contributed by atoms with Gasteiger partial charge in [0.25, 0.3) is 0 Å². The fourth-order valence-corrected chi connectivity index (χ4v) is 10.9. The molecule has 0 saturated heterocycles. The number of aromatic nitrogens is 2. The molecule has 0 N–H and O–H groups in total. The first kappa shape index (κ1) is 38.3. The van der Waals surface area contributed by atoms with Crippen LogP contribution in [0.25, 0.3) is 88.4 Å². The number of hydrogen-bond acceptors (Lipinski definition) is 0. The fraction of sp³-hybridized carbons (Fsp3) is 0.0625. The first-order chi connectivity index (χ1) is 32.6. The average molecular weight is 843 g/mol. The zero-order valence-electron chi connectivity index (χ0n) is 36.8. The highest BCUT2D eigenvalue weighted by molar-refractivity contribution is 6.10. The van der Waals surface area contributed by atoms with E-state index < -0.39 is 0 Å². The highest BCUT2D eigenvalue weighted by Crippen LogP contribution is 2.41. The summed E-state index contributed by atoms with van der Waals surface area (Å²) < 4.78 is 4.81. The van der Waals surface area contributed by atoms with Crippen LogP contribution < -0.4 is 0 Å². The molecule has 10 aromatic rings. The van der Waals surface area contributed by atoms with Gasteiger partial charge in [-0.3, -0.25) is 0 Å². The quantitative estimate of drug-likeness (QED) is 0.158. The number of para-hydroxylation sites is 4. The van der Waals surface area contributed by atoms with Gasteiger partial charge in [0.1, 0.15) is 0 Å². The van der Waals surface area contributed by atoms with Crippen LogP contribution in [0.4, 0.5) is 0 Å². The van der Waals surface area contributed by atoms with Gasteiger partial charge in [-0.25, -0.2) is 0 Å². The van der Waals surface area contributed by atoms with E-state index in [0.717, 1.165) is 12.8 Å². The van der Waals surface area contributed by atoms with Crippen molar-refractivity contribution in [1.29, 1.82) is 0 Å². The van der Waals surface area contributed by atoms with Gasteiger partial charge in [0, 0.05) is 32.9 Å². The van der Waals surface area contributed by atoms with Gasteiger partial charge in [0.05, 0.1) is 22.1 Å². The molecule has 2 heteroatoms. The molecule has 3 aliphatic rings. The van der Waals surface area contributed by atoms with Crippen LogP contribution in [0, 0.1) is 5.92 Å². The van der Waals surface area contributed by atoms with Gasteiger partial charge in [0.2, 0.25) is 0 Å². The predicted octanol–water partition coefficient (Wildman–Crippen LogP) is 16.6. The van der Waals surface area contributed by atoms with Crippen molar-refractivity contribution < 1.29 is 0 Å². The van der Waals surface area contributed by atoms with E-state index in [1.165, 1.54) is 122 Å².